The van der Waals surface area contributed by atoms with E-state index in [1.807, 2.05) is 0 Å². The molecule has 0 radical (unpaired) electrons. The number of carbonyl (C=O) groups excluding carboxylic acids is 1. The van der Waals surface area contributed by atoms with Crippen LogP contribution in [0.5, 0.6) is 0 Å². The number of rotatable bonds is 3. The van der Waals surface area contributed by atoms with Gasteiger partial charge in [-0.15, -0.1) is 0 Å². The van der Waals surface area contributed by atoms with Crippen LogP contribution < -0.4 is 4.90 Å². The Kier molecular flexibility index (Phi) is 4.84. The minimum Gasteiger partial charge on any atom is -0.433 e. The molecule has 2 heterocycles. The van der Waals surface area contributed by atoms with Gasteiger partial charge in [-0.25, -0.2) is 9.78 Å². The van der Waals surface area contributed by atoms with E-state index >= 15 is 0 Å². The Morgan fingerprint density at radius 1 is 1.33 bits per heavy atom. The standard InChI is InChI=1S/C15H16F3N3O2S/c1-9-12(24-11(20-9)10-6-5-7-19-8-10)21(4)13(22)23-14(2,3)15(16,17)18/h5-8H,1-4H3. The lowest BCUT2D eigenvalue weighted by atomic mass is 10.1. The molecule has 0 bridgehead atoms. The van der Waals surface area contributed by atoms with Gasteiger partial charge >= 0.3 is 12.3 Å². The highest BCUT2D eigenvalue weighted by Gasteiger charge is 2.51. The molecule has 0 atom stereocenters. The molecule has 5 nitrogen and oxygen atoms in total. The summed E-state index contributed by atoms with van der Waals surface area (Å²) in [5.74, 6) is 0. The first-order valence-electron chi connectivity index (χ1n) is 6.94. The van der Waals surface area contributed by atoms with Crippen LogP contribution >= 0.6 is 11.3 Å². The van der Waals surface area contributed by atoms with E-state index in [1.165, 1.54) is 18.4 Å². The largest absolute Gasteiger partial charge is 0.433 e. The minimum atomic E-state index is -4.66. The van der Waals surface area contributed by atoms with Crippen molar-refractivity contribution in [3.8, 4) is 10.6 Å². The van der Waals surface area contributed by atoms with Gasteiger partial charge in [-0.3, -0.25) is 9.88 Å². The number of hydrogen-bond acceptors (Lipinski definition) is 5. The summed E-state index contributed by atoms with van der Waals surface area (Å²) in [6.07, 6.45) is -2.52. The van der Waals surface area contributed by atoms with Crippen molar-refractivity contribution in [2.24, 2.45) is 0 Å². The highest BCUT2D eigenvalue weighted by Crippen LogP contribution is 2.36. The zero-order valence-corrected chi connectivity index (χ0v) is 14.3. The summed E-state index contributed by atoms with van der Waals surface area (Å²) in [6.45, 7) is 3.28. The lowest BCUT2D eigenvalue weighted by Crippen LogP contribution is -2.46. The third-order valence-corrected chi connectivity index (χ3v) is 4.57. The first-order valence-corrected chi connectivity index (χ1v) is 7.76. The summed E-state index contributed by atoms with van der Waals surface area (Å²) in [5.41, 5.74) is -1.30. The van der Waals surface area contributed by atoms with Crippen molar-refractivity contribution in [3.05, 3.63) is 30.2 Å². The number of ether oxygens (including phenoxy) is 1. The summed E-state index contributed by atoms with van der Waals surface area (Å²) >= 11 is 1.18. The Balaban J connectivity index is 2.23. The molecule has 9 heteroatoms. The average Bonchev–Trinajstić information content (AvgIpc) is 2.87. The number of hydrogen-bond donors (Lipinski definition) is 0. The van der Waals surface area contributed by atoms with Crippen molar-refractivity contribution in [1.29, 1.82) is 0 Å². The molecule has 0 aliphatic carbocycles. The Bertz CT molecular complexity index is 729. The fraction of sp³-hybridized carbons (Fsp3) is 0.400. The van der Waals surface area contributed by atoms with Crippen LogP contribution in [-0.2, 0) is 4.74 Å². The van der Waals surface area contributed by atoms with E-state index in [2.05, 4.69) is 14.7 Å². The molecule has 0 unspecified atom stereocenters. The smallest absolute Gasteiger partial charge is 0.427 e. The number of aryl methyl sites for hydroxylation is 1. The van der Waals surface area contributed by atoms with Crippen LogP contribution in [0.1, 0.15) is 19.5 Å². The number of carbonyl (C=O) groups is 1. The number of halogens is 3. The maximum absolute atomic E-state index is 12.9. The van der Waals surface area contributed by atoms with Crippen molar-refractivity contribution in [3.63, 3.8) is 0 Å². The van der Waals surface area contributed by atoms with Crippen molar-refractivity contribution in [2.45, 2.75) is 32.5 Å². The summed E-state index contributed by atoms with van der Waals surface area (Å²) < 4.78 is 43.2. The van der Waals surface area contributed by atoms with Gasteiger partial charge in [-0.2, -0.15) is 13.2 Å². The van der Waals surface area contributed by atoms with Crippen LogP contribution in [-0.4, -0.2) is 34.9 Å². The highest BCUT2D eigenvalue weighted by atomic mass is 32.1. The van der Waals surface area contributed by atoms with Gasteiger partial charge in [-0.1, -0.05) is 11.3 Å². The van der Waals surface area contributed by atoms with Gasteiger partial charge in [0, 0.05) is 25.0 Å². The maximum Gasteiger partial charge on any atom is 0.427 e. The summed E-state index contributed by atoms with van der Waals surface area (Å²) in [4.78, 5) is 21.4. The summed E-state index contributed by atoms with van der Waals surface area (Å²) in [6, 6.07) is 3.55. The van der Waals surface area contributed by atoms with Gasteiger partial charge in [0.1, 0.15) is 10.0 Å². The van der Waals surface area contributed by atoms with Crippen LogP contribution in [0, 0.1) is 6.92 Å². The van der Waals surface area contributed by atoms with Gasteiger partial charge in [-0.05, 0) is 32.9 Å². The molecule has 0 saturated carbocycles. The Morgan fingerprint density at radius 2 is 2.00 bits per heavy atom. The molecule has 0 spiro atoms. The molecule has 2 rings (SSSR count). The van der Waals surface area contributed by atoms with Crippen LogP contribution in [0.4, 0.5) is 23.0 Å². The van der Waals surface area contributed by atoms with Crippen LogP contribution in [0.3, 0.4) is 0 Å². The summed E-state index contributed by atoms with van der Waals surface area (Å²) in [5, 5.41) is 1.03. The Hall–Kier alpha value is -2.16. The molecule has 0 aromatic carbocycles. The molecule has 24 heavy (non-hydrogen) atoms. The molecule has 1 amide bonds. The van der Waals surface area contributed by atoms with Crippen LogP contribution in [0.15, 0.2) is 24.5 Å². The minimum absolute atomic E-state index is 0.414. The Morgan fingerprint density at radius 3 is 2.54 bits per heavy atom. The number of pyridine rings is 1. The first-order chi connectivity index (χ1) is 11.0. The predicted molar refractivity (Wildman–Crippen MR) is 85.1 cm³/mol. The number of aromatic nitrogens is 2. The Labute approximate surface area is 141 Å². The molecule has 130 valence electrons. The van der Waals surface area contributed by atoms with Gasteiger partial charge in [0.2, 0.25) is 5.60 Å². The van der Waals surface area contributed by atoms with E-state index in [0.29, 0.717) is 15.7 Å². The highest BCUT2D eigenvalue weighted by molar-refractivity contribution is 7.19. The quantitative estimate of drug-likeness (QED) is 0.814. The molecule has 2 aromatic heterocycles. The third kappa shape index (κ3) is 3.66. The molecular weight excluding hydrogens is 343 g/mol. The lowest BCUT2D eigenvalue weighted by molar-refractivity contribution is -0.243. The number of amides is 1. The van der Waals surface area contributed by atoms with E-state index in [4.69, 9.17) is 0 Å². The number of nitrogens with zero attached hydrogens (tertiary/aromatic N) is 3. The normalized spacial score (nSPS) is 12.1. The molecule has 0 fully saturated rings. The van der Waals surface area contributed by atoms with Gasteiger partial charge in [0.15, 0.2) is 0 Å². The van der Waals surface area contributed by atoms with Crippen molar-refractivity contribution >= 4 is 22.4 Å². The lowest BCUT2D eigenvalue weighted by Gasteiger charge is -2.29. The second kappa shape index (κ2) is 6.39. The molecule has 0 aliphatic rings. The zero-order valence-electron chi connectivity index (χ0n) is 13.5. The third-order valence-electron chi connectivity index (χ3n) is 3.28. The van der Waals surface area contributed by atoms with Crippen molar-refractivity contribution < 1.29 is 22.7 Å². The second-order valence-electron chi connectivity index (χ2n) is 5.59. The van der Waals surface area contributed by atoms with E-state index < -0.39 is 17.9 Å². The number of alkyl halides is 3. The van der Waals surface area contributed by atoms with E-state index in [-0.39, 0.29) is 0 Å². The van der Waals surface area contributed by atoms with Crippen molar-refractivity contribution in [2.75, 3.05) is 11.9 Å². The monoisotopic (exact) mass is 359 g/mol. The molecule has 0 aliphatic heterocycles. The molecule has 0 N–H and O–H groups in total. The topological polar surface area (TPSA) is 55.3 Å². The van der Waals surface area contributed by atoms with E-state index in [1.54, 1.807) is 31.5 Å². The van der Waals surface area contributed by atoms with E-state index in [9.17, 15) is 18.0 Å². The van der Waals surface area contributed by atoms with Crippen molar-refractivity contribution in [1.82, 2.24) is 9.97 Å². The fourth-order valence-electron chi connectivity index (χ4n) is 1.74. The second-order valence-corrected chi connectivity index (χ2v) is 6.56. The van der Waals surface area contributed by atoms with Crippen LogP contribution in [0.2, 0.25) is 0 Å². The zero-order chi connectivity index (χ0) is 18.1. The number of thiazole rings is 1. The van der Waals surface area contributed by atoms with Crippen LogP contribution in [0.25, 0.3) is 10.6 Å². The molecular formula is C15H16F3N3O2S. The summed E-state index contributed by atoms with van der Waals surface area (Å²) in [7, 11) is 1.35. The fourth-order valence-corrected chi connectivity index (χ4v) is 2.75. The molecule has 2 aromatic rings. The average molecular weight is 359 g/mol. The first kappa shape index (κ1) is 18.2. The SMILES string of the molecule is Cc1nc(-c2cccnc2)sc1N(C)C(=O)OC(C)(C)C(F)(F)F. The van der Waals surface area contributed by atoms with E-state index in [0.717, 1.165) is 24.3 Å². The van der Waals surface area contributed by atoms with Gasteiger partial charge < -0.3 is 4.74 Å². The maximum atomic E-state index is 12.9. The molecule has 0 saturated heterocycles. The number of anilines is 1. The van der Waals surface area contributed by atoms with Gasteiger partial charge in [0.25, 0.3) is 0 Å². The predicted octanol–water partition coefficient (Wildman–Crippen LogP) is 4.43. The van der Waals surface area contributed by atoms with Gasteiger partial charge in [0.05, 0.1) is 5.69 Å².